The normalized spacial score (nSPS) is 15.0. The van der Waals surface area contributed by atoms with Crippen molar-refractivity contribution in [2.24, 2.45) is 4.99 Å². The van der Waals surface area contributed by atoms with Crippen molar-refractivity contribution >= 4 is 59.8 Å². The number of aryl methyl sites for hydroxylation is 2. The summed E-state index contributed by atoms with van der Waals surface area (Å²) in [4.78, 5) is 17.4. The van der Waals surface area contributed by atoms with Crippen molar-refractivity contribution in [1.82, 2.24) is 0 Å². The summed E-state index contributed by atoms with van der Waals surface area (Å²) in [5.74, 6) is -0.0141. The molecule has 0 atom stereocenters. The number of phenols is 1. The molecule has 5 rings (SSSR count). The van der Waals surface area contributed by atoms with Crippen LogP contribution < -0.4 is 0 Å². The lowest BCUT2D eigenvalue weighted by Gasteiger charge is -2.10. The molecule has 3 aromatic rings. The van der Waals surface area contributed by atoms with Gasteiger partial charge in [0.15, 0.2) is 0 Å². The number of hydrogen-bond donors (Lipinski definition) is 1. The summed E-state index contributed by atoms with van der Waals surface area (Å²) >= 11 is 6.87. The minimum absolute atomic E-state index is 0.139. The number of carbonyl (C=O) groups excluding carboxylic acids is 1. The Balaban J connectivity index is 1.75. The number of fused-ring (bicyclic) bond motifs is 1. The van der Waals surface area contributed by atoms with Crippen molar-refractivity contribution < 1.29 is 9.90 Å². The van der Waals surface area contributed by atoms with Crippen molar-refractivity contribution in [3.8, 4) is 5.75 Å². The van der Waals surface area contributed by atoms with Gasteiger partial charge in [0.2, 0.25) is 5.78 Å². The smallest absolute Gasteiger partial charge is 0.214 e. The zero-order chi connectivity index (χ0) is 17.3. The van der Waals surface area contributed by atoms with Gasteiger partial charge in [-0.05, 0) is 79.4 Å². The number of ketones is 1. The summed E-state index contributed by atoms with van der Waals surface area (Å²) in [6.45, 7) is 0. The number of nitrogens with zero attached hydrogens (tertiary/aromatic N) is 1. The lowest BCUT2D eigenvalue weighted by atomic mass is 9.95. The first-order valence-corrected chi connectivity index (χ1v) is 9.52. The number of carbonyl (C=O) groups is 1. The predicted octanol–water partition coefficient (Wildman–Crippen LogP) is 5.49. The van der Waals surface area contributed by atoms with E-state index in [9.17, 15) is 9.90 Å². The number of halogens is 2. The lowest BCUT2D eigenvalue weighted by Crippen LogP contribution is -2.12. The van der Waals surface area contributed by atoms with E-state index in [1.165, 1.54) is 11.1 Å². The molecule has 0 radical (unpaired) electrons. The molecule has 0 fully saturated rings. The third kappa shape index (κ3) is 2.09. The summed E-state index contributed by atoms with van der Waals surface area (Å²) < 4.78 is 1.65. The van der Waals surface area contributed by atoms with Gasteiger partial charge in [0.25, 0.3) is 0 Å². The van der Waals surface area contributed by atoms with Crippen LogP contribution in [0.3, 0.4) is 0 Å². The molecule has 1 heterocycles. The molecule has 2 aliphatic rings. The lowest BCUT2D eigenvalue weighted by molar-refractivity contribution is 0.107. The second-order valence-electron chi connectivity index (χ2n) is 6.34. The highest BCUT2D eigenvalue weighted by Crippen LogP contribution is 2.42. The van der Waals surface area contributed by atoms with Crippen LogP contribution >= 0.6 is 31.9 Å². The fourth-order valence-corrected chi connectivity index (χ4v) is 4.46. The number of aliphatic imine (C=N–C) groups is 1. The molecule has 0 saturated carbocycles. The van der Waals surface area contributed by atoms with Crippen LogP contribution in [-0.2, 0) is 12.8 Å². The van der Waals surface area contributed by atoms with Crippen molar-refractivity contribution in [3.05, 3.63) is 67.6 Å². The molecule has 25 heavy (non-hydrogen) atoms. The van der Waals surface area contributed by atoms with Gasteiger partial charge in [-0.2, -0.15) is 0 Å². The first kappa shape index (κ1) is 15.3. The number of benzene rings is 3. The van der Waals surface area contributed by atoms with Gasteiger partial charge in [-0.3, -0.25) is 4.79 Å². The maximum atomic E-state index is 12.9. The molecule has 0 saturated heterocycles. The van der Waals surface area contributed by atoms with Crippen LogP contribution in [0.2, 0.25) is 0 Å². The molecular weight excluding hydrogens is 446 g/mol. The molecule has 5 heteroatoms. The quantitative estimate of drug-likeness (QED) is 0.526. The minimum atomic E-state index is -0.154. The number of Topliss-reactive ketones (excluding diaryl/α,β-unsaturated/α-hetero) is 1. The van der Waals surface area contributed by atoms with Crippen LogP contribution in [0.1, 0.15) is 27.0 Å². The SMILES string of the molecule is O=C1C(c2cc3c4c(cccc4c2O)CC3)=Nc2cc(Br)c(Br)cc21. The van der Waals surface area contributed by atoms with E-state index in [-0.39, 0.29) is 11.5 Å². The zero-order valence-corrected chi connectivity index (χ0v) is 16.1. The van der Waals surface area contributed by atoms with Gasteiger partial charge in [-0.15, -0.1) is 0 Å². The summed E-state index contributed by atoms with van der Waals surface area (Å²) in [6, 6.07) is 11.5. The van der Waals surface area contributed by atoms with Crippen LogP contribution in [0.25, 0.3) is 10.8 Å². The highest BCUT2D eigenvalue weighted by atomic mass is 79.9. The highest BCUT2D eigenvalue weighted by molar-refractivity contribution is 9.13. The summed E-state index contributed by atoms with van der Waals surface area (Å²) in [6.07, 6.45) is 1.89. The Hall–Kier alpha value is -1.98. The topological polar surface area (TPSA) is 49.7 Å². The van der Waals surface area contributed by atoms with E-state index in [0.717, 1.165) is 32.6 Å². The first-order chi connectivity index (χ1) is 12.0. The average molecular weight is 457 g/mol. The molecule has 3 nitrogen and oxygen atoms in total. The van der Waals surface area contributed by atoms with Crippen LogP contribution in [0, 0.1) is 0 Å². The Morgan fingerprint density at radius 2 is 1.72 bits per heavy atom. The van der Waals surface area contributed by atoms with E-state index >= 15 is 0 Å². The van der Waals surface area contributed by atoms with Crippen molar-refractivity contribution in [2.75, 3.05) is 0 Å². The van der Waals surface area contributed by atoms with Crippen LogP contribution in [0.5, 0.6) is 5.75 Å². The molecule has 0 unspecified atom stereocenters. The average Bonchev–Trinajstić information content (AvgIpc) is 3.15. The third-order valence-electron chi connectivity index (χ3n) is 4.95. The molecule has 122 valence electrons. The maximum Gasteiger partial charge on any atom is 0.214 e. The summed E-state index contributed by atoms with van der Waals surface area (Å²) in [7, 11) is 0. The third-order valence-corrected chi connectivity index (χ3v) is 6.79. The van der Waals surface area contributed by atoms with Gasteiger partial charge in [0, 0.05) is 19.9 Å². The van der Waals surface area contributed by atoms with Gasteiger partial charge < -0.3 is 5.11 Å². The van der Waals surface area contributed by atoms with Gasteiger partial charge >= 0.3 is 0 Å². The van der Waals surface area contributed by atoms with Gasteiger partial charge in [0.1, 0.15) is 11.5 Å². The number of phenolic OH excluding ortho intramolecular Hbond substituents is 1. The fraction of sp³-hybridized carbons (Fsp3) is 0.100. The van der Waals surface area contributed by atoms with E-state index in [2.05, 4.69) is 42.9 Å². The number of aromatic hydroxyl groups is 1. The molecule has 0 bridgehead atoms. The Morgan fingerprint density at radius 1 is 0.960 bits per heavy atom. The van der Waals surface area contributed by atoms with Crippen LogP contribution in [0.15, 0.2) is 50.3 Å². The Morgan fingerprint density at radius 3 is 2.56 bits per heavy atom. The Kier molecular flexibility index (Phi) is 3.21. The van der Waals surface area contributed by atoms with Crippen molar-refractivity contribution in [3.63, 3.8) is 0 Å². The standard InChI is InChI=1S/C20H11Br2NO2/c21-14-7-12-16(8-15(14)22)23-18(20(12)25)13-6-10-5-4-9-2-1-3-11(17(9)10)19(13)24/h1-3,6-8,24H,4-5H2. The van der Waals surface area contributed by atoms with E-state index in [0.29, 0.717) is 22.5 Å². The van der Waals surface area contributed by atoms with Crippen LogP contribution in [-0.4, -0.2) is 16.6 Å². The van der Waals surface area contributed by atoms with E-state index in [4.69, 9.17) is 0 Å². The van der Waals surface area contributed by atoms with Gasteiger partial charge in [-0.1, -0.05) is 18.2 Å². The molecule has 1 aliphatic heterocycles. The highest BCUT2D eigenvalue weighted by Gasteiger charge is 2.30. The fourth-order valence-electron chi connectivity index (χ4n) is 3.78. The Labute approximate surface area is 160 Å². The Bertz CT molecular complexity index is 1150. The zero-order valence-electron chi connectivity index (χ0n) is 12.9. The van der Waals surface area contributed by atoms with E-state index < -0.39 is 0 Å². The van der Waals surface area contributed by atoms with Gasteiger partial charge in [-0.25, -0.2) is 4.99 Å². The van der Waals surface area contributed by atoms with Crippen LogP contribution in [0.4, 0.5) is 5.69 Å². The number of hydrogen-bond acceptors (Lipinski definition) is 3. The van der Waals surface area contributed by atoms with E-state index in [1.54, 1.807) is 6.07 Å². The molecule has 1 aliphatic carbocycles. The largest absolute Gasteiger partial charge is 0.507 e. The van der Waals surface area contributed by atoms with Gasteiger partial charge in [0.05, 0.1) is 11.3 Å². The molecule has 0 aromatic heterocycles. The first-order valence-electron chi connectivity index (χ1n) is 7.94. The monoisotopic (exact) mass is 455 g/mol. The second kappa shape index (κ2) is 5.26. The maximum absolute atomic E-state index is 12.9. The molecule has 1 N–H and O–H groups in total. The second-order valence-corrected chi connectivity index (χ2v) is 8.05. The summed E-state index contributed by atoms with van der Waals surface area (Å²) in [5.41, 5.74) is 4.44. The molecule has 3 aromatic carbocycles. The number of rotatable bonds is 1. The van der Waals surface area contributed by atoms with E-state index in [1.807, 2.05) is 24.3 Å². The molecule has 0 amide bonds. The minimum Gasteiger partial charge on any atom is -0.507 e. The molecular formula is C20H11Br2NO2. The van der Waals surface area contributed by atoms with Crippen molar-refractivity contribution in [1.29, 1.82) is 0 Å². The summed E-state index contributed by atoms with van der Waals surface area (Å²) in [5, 5.41) is 12.8. The molecule has 0 spiro atoms. The van der Waals surface area contributed by atoms with Crippen molar-refractivity contribution in [2.45, 2.75) is 12.8 Å². The predicted molar refractivity (Wildman–Crippen MR) is 105 cm³/mol.